The number of nitrogens with zero attached hydrogens (tertiary/aromatic N) is 18. The number of rotatable bonds is 12. The second-order valence-electron chi connectivity index (χ2n) is 34.3. The molecule has 0 saturated heterocycles. The number of hydrogen-bond donors (Lipinski definition) is 0. The van der Waals surface area contributed by atoms with Crippen molar-refractivity contribution >= 4 is 177 Å². The Hall–Kier alpha value is -20.0. The van der Waals surface area contributed by atoms with Crippen LogP contribution >= 0.6 is 34.0 Å². The van der Waals surface area contributed by atoms with Gasteiger partial charge in [0.05, 0.1) is 91.3 Å². The monoisotopic (exact) mass is 1890 g/mol. The van der Waals surface area contributed by atoms with E-state index in [9.17, 15) is 15.8 Å². The number of fused-ring (bicyclic) bond motifs is 20. The molecule has 18 aromatic carbocycles. The van der Waals surface area contributed by atoms with Crippen molar-refractivity contribution < 1.29 is 0 Å². The molecule has 666 valence electrons. The fourth-order valence-corrected chi connectivity index (χ4v) is 23.1. The summed E-state index contributed by atoms with van der Waals surface area (Å²) in [5.41, 5.74) is 16.6. The summed E-state index contributed by atoms with van der Waals surface area (Å²) in [4.78, 5) is 55.5. The highest BCUT2D eigenvalue weighted by Gasteiger charge is 2.29. The number of aromatic nitrogens is 12. The lowest BCUT2D eigenvalue weighted by Crippen LogP contribution is -2.02. The molecule has 0 atom stereocenters. The Bertz CT molecular complexity index is 10100. The molecule has 0 fully saturated rings. The molecule has 0 aliphatic rings. The van der Waals surface area contributed by atoms with Gasteiger partial charge in [0.2, 0.25) is 0 Å². The van der Waals surface area contributed by atoms with Gasteiger partial charge in [0, 0.05) is 138 Å². The van der Waals surface area contributed by atoms with Crippen LogP contribution in [0, 0.1) is 53.7 Å². The molecule has 0 saturated carbocycles. The van der Waals surface area contributed by atoms with Crippen molar-refractivity contribution in [3.63, 3.8) is 0 Å². The zero-order chi connectivity index (χ0) is 96.6. The van der Waals surface area contributed by atoms with Gasteiger partial charge in [0.15, 0.2) is 69.5 Å². The summed E-state index contributed by atoms with van der Waals surface area (Å²) >= 11 is 5.26. The largest absolute Gasteiger partial charge is 0.309 e. The van der Waals surface area contributed by atoms with Gasteiger partial charge < -0.3 is 13.7 Å². The van der Waals surface area contributed by atoms with Crippen LogP contribution in [0.15, 0.2) is 400 Å². The van der Waals surface area contributed by atoms with E-state index in [2.05, 4.69) is 192 Å². The van der Waals surface area contributed by atoms with Gasteiger partial charge in [-0.05, 0) is 91.0 Å². The Morgan fingerprint density at radius 2 is 0.507 bits per heavy atom. The minimum atomic E-state index is 0.338. The molecule has 9 heterocycles. The van der Waals surface area contributed by atoms with E-state index in [-0.39, 0.29) is 0 Å². The molecule has 21 heteroatoms. The SMILES string of the molecule is [C-]#[N+]c1cc(-n2c3ccccc3c3cc4c(cc32)sc2ccccc24)c(C#N)cc1-c1nc(-c2ccccc2)nc(-c2ccccc2)n1.[C-]#[N+]c1cc(-n2c3ccccc3c3ccc4c5ccccc5sc4c32)c(C#N)cc1-c1nc(-c2ccccc2)nc(-c2ccccc2)n1.[C-]#[N+]c1cc(-n2c3ccccc3c3ccc4sc5ccccc5c4c32)c(C#N)cc1-c1nc(-c2ccccc2)nc(-c2ccccc2)n1. The predicted octanol–water partition coefficient (Wildman–Crippen LogP) is 32.3. The van der Waals surface area contributed by atoms with Crippen molar-refractivity contribution in [1.82, 2.24) is 58.6 Å². The molecule has 27 aromatic rings. The Labute approximate surface area is 834 Å². The van der Waals surface area contributed by atoms with Crippen LogP contribution in [0.5, 0.6) is 0 Å². The molecular weight excluding hydrogens is 1830 g/mol. The fraction of sp³-hybridized carbons (Fsp3) is 0. The first-order valence-electron chi connectivity index (χ1n) is 46.1. The maximum Gasteiger partial charge on any atom is 0.200 e. The second-order valence-corrected chi connectivity index (χ2v) is 37.6. The first-order valence-corrected chi connectivity index (χ1v) is 48.6. The molecule has 27 rings (SSSR count). The van der Waals surface area contributed by atoms with Crippen LogP contribution in [-0.4, -0.2) is 58.6 Å². The number of para-hydroxylation sites is 3. The van der Waals surface area contributed by atoms with E-state index in [1.54, 1.807) is 58.3 Å². The van der Waals surface area contributed by atoms with E-state index in [0.717, 1.165) is 109 Å². The maximum absolute atomic E-state index is 10.7. The molecule has 0 amide bonds. The zero-order valence-corrected chi connectivity index (χ0v) is 78.3. The van der Waals surface area contributed by atoms with Gasteiger partial charge in [-0.3, -0.25) is 0 Å². The maximum atomic E-state index is 10.7. The summed E-state index contributed by atoms with van der Waals surface area (Å²) in [5, 5.41) is 45.7. The average molecular weight is 1890 g/mol. The minimum Gasteiger partial charge on any atom is -0.309 e. The Morgan fingerprint density at radius 1 is 0.215 bits per heavy atom. The Balaban J connectivity index is 0.000000113. The Morgan fingerprint density at radius 3 is 0.903 bits per heavy atom. The van der Waals surface area contributed by atoms with Gasteiger partial charge in [-0.1, -0.05) is 309 Å². The lowest BCUT2D eigenvalue weighted by molar-refractivity contribution is 1.07. The highest BCUT2D eigenvalue weighted by atomic mass is 32.1. The molecule has 0 N–H and O–H groups in total. The van der Waals surface area contributed by atoms with E-state index in [0.29, 0.717) is 120 Å². The van der Waals surface area contributed by atoms with Crippen LogP contribution in [0.4, 0.5) is 17.1 Å². The normalized spacial score (nSPS) is 11.3. The van der Waals surface area contributed by atoms with Gasteiger partial charge in [0.25, 0.3) is 0 Å². The molecule has 0 bridgehead atoms. The number of nitriles is 3. The summed E-state index contributed by atoms with van der Waals surface area (Å²) in [6.07, 6.45) is 0. The fourth-order valence-electron chi connectivity index (χ4n) is 19.6. The quantitative estimate of drug-likeness (QED) is 0.104. The van der Waals surface area contributed by atoms with Crippen molar-refractivity contribution in [3.8, 4) is 138 Å². The van der Waals surface area contributed by atoms with E-state index in [1.807, 2.05) is 231 Å². The van der Waals surface area contributed by atoms with Crippen molar-refractivity contribution in [2.24, 2.45) is 0 Å². The van der Waals surface area contributed by atoms with E-state index >= 15 is 0 Å². The van der Waals surface area contributed by atoms with Crippen molar-refractivity contribution in [3.05, 3.63) is 451 Å². The van der Waals surface area contributed by atoms with E-state index in [4.69, 9.17) is 64.6 Å². The van der Waals surface area contributed by atoms with Gasteiger partial charge in [-0.15, -0.1) is 34.0 Å². The third-order valence-electron chi connectivity index (χ3n) is 26.1. The van der Waals surface area contributed by atoms with Crippen LogP contribution in [0.3, 0.4) is 0 Å². The number of benzene rings is 18. The standard InChI is InChI=1S/3C41H22N6S/c1-43-33-22-35(47-34-18-10-8-16-28(34)30-21-31-29-17-9-11-19-37(29)48-38(31)23-36(30)47)27(24-42)20-32(33)41-45-39(25-12-4-2-5-13-25)44-40(46-41)26-14-6-3-7-15-26;1-43-32-23-34(47-33-18-10-8-16-28(33)29-20-21-36-37(38(29)47)30-17-9-11-19-35(30)48-36)27(24-42)22-31(32)41-45-39(25-12-4-2-5-13-25)44-40(46-41)26-14-6-3-7-15-26;1-43-33-23-35(47-34-18-10-8-16-28(34)30-20-21-31-29-17-9-11-19-36(29)48-38(31)37(30)47)27(24-42)22-32(33)41-45-39(25-12-4-2-5-13-25)44-40(46-41)26-14-6-3-7-15-26/h3*2-23H. The molecule has 144 heavy (non-hydrogen) atoms. The van der Waals surface area contributed by atoms with Crippen molar-refractivity contribution in [2.75, 3.05) is 0 Å². The number of thiophene rings is 3. The third kappa shape index (κ3) is 14.7. The molecule has 0 unspecified atom stereocenters. The van der Waals surface area contributed by atoms with Crippen molar-refractivity contribution in [2.45, 2.75) is 0 Å². The van der Waals surface area contributed by atoms with Crippen LogP contribution in [0.1, 0.15) is 16.7 Å². The topological polar surface area (TPSA) is 215 Å². The third-order valence-corrected chi connectivity index (χ3v) is 29.6. The minimum absolute atomic E-state index is 0.338. The van der Waals surface area contributed by atoms with Crippen LogP contribution < -0.4 is 0 Å². The number of hydrogen-bond acceptors (Lipinski definition) is 15. The molecule has 9 aromatic heterocycles. The zero-order valence-electron chi connectivity index (χ0n) is 75.9. The van der Waals surface area contributed by atoms with Crippen LogP contribution in [-0.2, 0) is 0 Å². The predicted molar refractivity (Wildman–Crippen MR) is 583 cm³/mol. The summed E-state index contributed by atoms with van der Waals surface area (Å²) in [7, 11) is 0. The van der Waals surface area contributed by atoms with Gasteiger partial charge in [-0.25, -0.2) is 59.4 Å². The van der Waals surface area contributed by atoms with Gasteiger partial charge >= 0.3 is 0 Å². The van der Waals surface area contributed by atoms with Crippen LogP contribution in [0.2, 0.25) is 0 Å². The summed E-state index contributed by atoms with van der Waals surface area (Å²) < 4.78 is 13.5. The average Bonchev–Trinajstić information content (AvgIpc) is 1.56. The first kappa shape index (κ1) is 85.6. The van der Waals surface area contributed by atoms with E-state index in [1.165, 1.54) is 50.4 Å². The summed E-state index contributed by atoms with van der Waals surface area (Å²) in [5.74, 6) is 3.97. The second kappa shape index (κ2) is 35.8. The molecule has 0 aliphatic heterocycles. The summed E-state index contributed by atoms with van der Waals surface area (Å²) in [6.45, 7) is 24.9. The van der Waals surface area contributed by atoms with Gasteiger partial charge in [-0.2, -0.15) is 15.8 Å². The molecule has 0 spiro atoms. The van der Waals surface area contributed by atoms with Crippen LogP contribution in [0.25, 0.3) is 260 Å². The lowest BCUT2D eigenvalue weighted by atomic mass is 10.0. The first-order chi connectivity index (χ1) is 71.1. The Kier molecular flexibility index (Phi) is 21.3. The highest BCUT2D eigenvalue weighted by Crippen LogP contribution is 2.50. The van der Waals surface area contributed by atoms with E-state index < -0.39 is 0 Å². The summed E-state index contributed by atoms with van der Waals surface area (Å²) in [6, 6.07) is 140. The molecule has 0 aliphatic carbocycles. The van der Waals surface area contributed by atoms with Crippen molar-refractivity contribution in [1.29, 1.82) is 15.8 Å². The van der Waals surface area contributed by atoms with Gasteiger partial charge in [0.1, 0.15) is 18.2 Å². The molecule has 0 radical (unpaired) electrons. The lowest BCUT2D eigenvalue weighted by Gasteiger charge is -2.14. The molecule has 18 nitrogen and oxygen atoms in total. The molecular formula is C123H66N18S3. The smallest absolute Gasteiger partial charge is 0.200 e. The highest BCUT2D eigenvalue weighted by molar-refractivity contribution is 7.27.